The van der Waals surface area contributed by atoms with E-state index in [0.29, 0.717) is 6.04 Å². The third-order valence-corrected chi connectivity index (χ3v) is 5.81. The number of rotatable bonds is 3. The summed E-state index contributed by atoms with van der Waals surface area (Å²) in [6, 6.07) is 8.56. The highest BCUT2D eigenvalue weighted by molar-refractivity contribution is 5.78. The van der Waals surface area contributed by atoms with Gasteiger partial charge in [0.15, 0.2) is 5.82 Å². The molecule has 2 aliphatic heterocycles. The molecule has 0 radical (unpaired) electrons. The van der Waals surface area contributed by atoms with Crippen molar-refractivity contribution in [2.45, 2.75) is 32.0 Å². The van der Waals surface area contributed by atoms with Crippen molar-refractivity contribution in [1.82, 2.24) is 19.5 Å². The van der Waals surface area contributed by atoms with Crippen LogP contribution in [-0.4, -0.2) is 38.6 Å². The standard InChI is InChI=1S/C21H25N7/c22-17-5-8-26(9-6-17)12-16-4-11-28-20(16)21(24-14-25-28)27-10-7-18-15(13-27)2-1-3-19(18)23/h1-4,7,10-11,14,17H,5-6,8-9,12-13,22-23H2. The van der Waals surface area contributed by atoms with E-state index >= 15 is 0 Å². The number of hydrogen-bond donors (Lipinski definition) is 2. The molecular weight excluding hydrogens is 350 g/mol. The monoisotopic (exact) mass is 375 g/mol. The number of hydrogen-bond acceptors (Lipinski definition) is 6. The van der Waals surface area contributed by atoms with Crippen molar-refractivity contribution in [2.75, 3.05) is 23.7 Å². The number of nitrogens with zero attached hydrogens (tertiary/aromatic N) is 5. The molecule has 1 saturated heterocycles. The van der Waals surface area contributed by atoms with Crippen LogP contribution in [0.3, 0.4) is 0 Å². The summed E-state index contributed by atoms with van der Waals surface area (Å²) in [4.78, 5) is 9.28. The molecule has 4 N–H and O–H groups in total. The van der Waals surface area contributed by atoms with E-state index in [2.05, 4.69) is 44.3 Å². The van der Waals surface area contributed by atoms with Gasteiger partial charge in [-0.3, -0.25) is 4.90 Å². The molecule has 4 heterocycles. The fraction of sp³-hybridized carbons (Fsp3) is 0.333. The van der Waals surface area contributed by atoms with Crippen LogP contribution in [0, 0.1) is 0 Å². The lowest BCUT2D eigenvalue weighted by Crippen LogP contribution is -2.39. The summed E-state index contributed by atoms with van der Waals surface area (Å²) in [5.74, 6) is 0.924. The zero-order valence-electron chi connectivity index (χ0n) is 15.8. The van der Waals surface area contributed by atoms with E-state index in [-0.39, 0.29) is 0 Å². The van der Waals surface area contributed by atoms with Gasteiger partial charge in [-0.25, -0.2) is 9.50 Å². The summed E-state index contributed by atoms with van der Waals surface area (Å²) in [5.41, 5.74) is 17.6. The molecule has 7 heteroatoms. The lowest BCUT2D eigenvalue weighted by Gasteiger charge is -2.30. The first kappa shape index (κ1) is 17.2. The second kappa shape index (κ2) is 6.92. The molecule has 0 atom stereocenters. The fourth-order valence-electron chi connectivity index (χ4n) is 4.21. The minimum absolute atomic E-state index is 0.340. The number of fused-ring (bicyclic) bond motifs is 2. The maximum absolute atomic E-state index is 6.12. The highest BCUT2D eigenvalue weighted by Gasteiger charge is 2.22. The lowest BCUT2D eigenvalue weighted by atomic mass is 10.0. The maximum atomic E-state index is 6.12. The van der Waals surface area contributed by atoms with Gasteiger partial charge in [-0.1, -0.05) is 12.1 Å². The second-order valence-corrected chi connectivity index (χ2v) is 7.70. The van der Waals surface area contributed by atoms with Crippen LogP contribution in [0.4, 0.5) is 11.5 Å². The Labute approximate surface area is 164 Å². The SMILES string of the molecule is Nc1cccc2c1C=CN(c1ncnn3ccc(CN4CCC(N)CC4)c13)C2. The van der Waals surface area contributed by atoms with Gasteiger partial charge in [-0.15, -0.1) is 0 Å². The van der Waals surface area contributed by atoms with Crippen molar-refractivity contribution < 1.29 is 0 Å². The van der Waals surface area contributed by atoms with Gasteiger partial charge in [0.1, 0.15) is 11.8 Å². The van der Waals surface area contributed by atoms with Crippen molar-refractivity contribution in [3.63, 3.8) is 0 Å². The quantitative estimate of drug-likeness (QED) is 0.683. The Morgan fingerprint density at radius 1 is 1.14 bits per heavy atom. The molecule has 144 valence electrons. The summed E-state index contributed by atoms with van der Waals surface area (Å²) in [7, 11) is 0. The van der Waals surface area contributed by atoms with E-state index in [1.807, 2.05) is 22.8 Å². The molecule has 0 spiro atoms. The summed E-state index contributed by atoms with van der Waals surface area (Å²) >= 11 is 0. The minimum atomic E-state index is 0.340. The van der Waals surface area contributed by atoms with Crippen LogP contribution in [0.25, 0.3) is 11.6 Å². The average Bonchev–Trinajstić information content (AvgIpc) is 3.13. The van der Waals surface area contributed by atoms with Crippen LogP contribution in [0.5, 0.6) is 0 Å². The largest absolute Gasteiger partial charge is 0.398 e. The molecule has 0 aliphatic carbocycles. The van der Waals surface area contributed by atoms with Gasteiger partial charge in [0.2, 0.25) is 0 Å². The Morgan fingerprint density at radius 3 is 2.86 bits per heavy atom. The smallest absolute Gasteiger partial charge is 0.161 e. The number of nitrogen functional groups attached to an aromatic ring is 1. The Balaban J connectivity index is 1.48. The van der Waals surface area contributed by atoms with Gasteiger partial charge >= 0.3 is 0 Å². The van der Waals surface area contributed by atoms with Gasteiger partial charge < -0.3 is 16.4 Å². The third-order valence-electron chi connectivity index (χ3n) is 5.81. The maximum Gasteiger partial charge on any atom is 0.161 e. The van der Waals surface area contributed by atoms with E-state index in [1.165, 1.54) is 11.1 Å². The average molecular weight is 375 g/mol. The molecule has 0 unspecified atom stereocenters. The van der Waals surface area contributed by atoms with Gasteiger partial charge in [-0.2, -0.15) is 5.10 Å². The molecule has 2 aliphatic rings. The van der Waals surface area contributed by atoms with Crippen LogP contribution in [0.1, 0.15) is 29.5 Å². The predicted octanol–water partition coefficient (Wildman–Crippen LogP) is 2.23. The molecule has 7 nitrogen and oxygen atoms in total. The Kier molecular flexibility index (Phi) is 4.26. The first-order valence-electron chi connectivity index (χ1n) is 9.80. The van der Waals surface area contributed by atoms with Crippen molar-refractivity contribution in [3.05, 3.63) is 59.7 Å². The van der Waals surface area contributed by atoms with E-state index in [4.69, 9.17) is 11.5 Å². The molecule has 28 heavy (non-hydrogen) atoms. The van der Waals surface area contributed by atoms with Gasteiger partial charge in [0.25, 0.3) is 0 Å². The normalized spacial score (nSPS) is 18.0. The first-order chi connectivity index (χ1) is 13.7. The van der Waals surface area contributed by atoms with Crippen LogP contribution in [0.15, 0.2) is 43.0 Å². The molecule has 2 aromatic heterocycles. The topological polar surface area (TPSA) is 88.7 Å². The van der Waals surface area contributed by atoms with Crippen LogP contribution >= 0.6 is 0 Å². The molecule has 0 bridgehead atoms. The highest BCUT2D eigenvalue weighted by Crippen LogP contribution is 2.31. The molecule has 5 rings (SSSR count). The van der Waals surface area contributed by atoms with Crippen LogP contribution in [-0.2, 0) is 13.1 Å². The van der Waals surface area contributed by atoms with E-state index in [1.54, 1.807) is 6.33 Å². The van der Waals surface area contributed by atoms with E-state index in [9.17, 15) is 0 Å². The Morgan fingerprint density at radius 2 is 2.00 bits per heavy atom. The van der Waals surface area contributed by atoms with Gasteiger partial charge in [0, 0.05) is 42.8 Å². The number of benzene rings is 1. The van der Waals surface area contributed by atoms with E-state index < -0.39 is 0 Å². The minimum Gasteiger partial charge on any atom is -0.398 e. The summed E-state index contributed by atoms with van der Waals surface area (Å²) in [6.45, 7) is 3.72. The van der Waals surface area contributed by atoms with Gasteiger partial charge in [0.05, 0.1) is 0 Å². The van der Waals surface area contributed by atoms with Crippen molar-refractivity contribution in [2.24, 2.45) is 5.73 Å². The zero-order valence-corrected chi connectivity index (χ0v) is 15.8. The van der Waals surface area contributed by atoms with Gasteiger partial charge in [-0.05, 0) is 55.3 Å². The predicted molar refractivity (Wildman–Crippen MR) is 112 cm³/mol. The lowest BCUT2D eigenvalue weighted by molar-refractivity contribution is 0.206. The number of anilines is 2. The number of aromatic nitrogens is 3. The fourth-order valence-corrected chi connectivity index (χ4v) is 4.21. The Hall–Kier alpha value is -2.90. The second-order valence-electron chi connectivity index (χ2n) is 7.70. The number of nitrogens with two attached hydrogens (primary N) is 2. The summed E-state index contributed by atoms with van der Waals surface area (Å²) in [5, 5.41) is 4.42. The highest BCUT2D eigenvalue weighted by atomic mass is 15.3. The summed E-state index contributed by atoms with van der Waals surface area (Å²) < 4.78 is 1.93. The van der Waals surface area contributed by atoms with Crippen molar-refractivity contribution in [3.8, 4) is 0 Å². The number of likely N-dealkylation sites (tertiary alicyclic amines) is 1. The molecule has 0 amide bonds. The molecular formula is C21H25N7. The number of piperidine rings is 1. The van der Waals surface area contributed by atoms with Crippen LogP contribution < -0.4 is 16.4 Å². The molecule has 0 saturated carbocycles. The van der Waals surface area contributed by atoms with Crippen LogP contribution in [0.2, 0.25) is 0 Å². The zero-order chi connectivity index (χ0) is 19.1. The third kappa shape index (κ3) is 3.02. The van der Waals surface area contributed by atoms with E-state index in [0.717, 1.165) is 61.6 Å². The van der Waals surface area contributed by atoms with Crippen molar-refractivity contribution >= 4 is 23.1 Å². The molecule has 3 aromatic rings. The molecule has 1 fully saturated rings. The Bertz CT molecular complexity index is 1030. The molecule has 1 aromatic carbocycles. The summed E-state index contributed by atoms with van der Waals surface area (Å²) in [6.07, 6.45) is 9.89. The van der Waals surface area contributed by atoms with Crippen molar-refractivity contribution in [1.29, 1.82) is 0 Å². The first-order valence-corrected chi connectivity index (χ1v) is 9.80.